The van der Waals surface area contributed by atoms with Gasteiger partial charge in [0.2, 0.25) is 5.91 Å². The number of rotatable bonds is 10. The number of carbonyl (C=O) groups is 1. The number of amides is 1. The number of ether oxygens (including phenoxy) is 1. The van der Waals surface area contributed by atoms with Crippen LogP contribution in [0.3, 0.4) is 0 Å². The maximum absolute atomic E-state index is 13.6. The van der Waals surface area contributed by atoms with Crippen molar-refractivity contribution in [2.75, 3.05) is 26.0 Å². The Labute approximate surface area is 196 Å². The summed E-state index contributed by atoms with van der Waals surface area (Å²) < 4.78 is 6.93. The average Bonchev–Trinajstić information content (AvgIpc) is 3.12. The van der Waals surface area contributed by atoms with E-state index in [4.69, 9.17) is 9.72 Å². The van der Waals surface area contributed by atoms with Crippen molar-refractivity contribution in [1.29, 1.82) is 0 Å². The number of methoxy groups -OCH3 is 1. The molecule has 32 heavy (non-hydrogen) atoms. The third-order valence-corrected chi connectivity index (χ3v) is 7.29. The summed E-state index contributed by atoms with van der Waals surface area (Å²) in [4.78, 5) is 34.7. The minimum Gasteiger partial charge on any atom is -0.497 e. The summed E-state index contributed by atoms with van der Waals surface area (Å²) in [5.41, 5.74) is 1.48. The third-order valence-electron chi connectivity index (χ3n) is 5.04. The number of hydrogen-bond donors (Lipinski definition) is 0. The summed E-state index contributed by atoms with van der Waals surface area (Å²) in [6.07, 6.45) is 4.21. The zero-order chi connectivity index (χ0) is 23.3. The number of benzene rings is 1. The molecule has 3 aromatic rings. The predicted molar refractivity (Wildman–Crippen MR) is 134 cm³/mol. The highest BCUT2D eigenvalue weighted by Gasteiger charge is 2.20. The smallest absolute Gasteiger partial charge is 0.267 e. The Morgan fingerprint density at radius 1 is 1.31 bits per heavy atom. The Kier molecular flexibility index (Phi) is 7.93. The lowest BCUT2D eigenvalue weighted by molar-refractivity contribution is -0.127. The first-order valence-corrected chi connectivity index (χ1v) is 12.1. The van der Waals surface area contributed by atoms with E-state index in [0.29, 0.717) is 39.9 Å². The molecular weight excluding hydrogens is 442 g/mol. The first kappa shape index (κ1) is 23.8. The van der Waals surface area contributed by atoms with Crippen LogP contribution in [0, 0.1) is 6.92 Å². The molecule has 168 valence electrons. The minimum absolute atomic E-state index is 0.0713. The highest BCUT2D eigenvalue weighted by molar-refractivity contribution is 7.99. The lowest BCUT2D eigenvalue weighted by atomic mass is 10.2. The number of aryl methyl sites for hydroxylation is 2. The van der Waals surface area contributed by atoms with Crippen molar-refractivity contribution in [3.8, 4) is 11.4 Å². The predicted octanol–water partition coefficient (Wildman–Crippen LogP) is 4.62. The number of nitrogens with zero attached hydrogens (tertiary/aromatic N) is 3. The monoisotopic (exact) mass is 469 g/mol. The van der Waals surface area contributed by atoms with Crippen LogP contribution < -0.4 is 10.3 Å². The molecule has 0 unspecified atom stereocenters. The minimum atomic E-state index is -0.138. The average molecular weight is 470 g/mol. The zero-order valence-electron chi connectivity index (χ0n) is 18.6. The van der Waals surface area contributed by atoms with Crippen LogP contribution in [0.15, 0.2) is 59.5 Å². The molecule has 1 aromatic carbocycles. The maximum Gasteiger partial charge on any atom is 0.267 e. The van der Waals surface area contributed by atoms with E-state index in [-0.39, 0.29) is 17.2 Å². The highest BCUT2D eigenvalue weighted by atomic mass is 32.2. The van der Waals surface area contributed by atoms with Crippen LogP contribution in [-0.4, -0.2) is 46.3 Å². The Morgan fingerprint density at radius 3 is 2.66 bits per heavy atom. The molecule has 0 N–H and O–H groups in total. The maximum atomic E-state index is 13.6. The van der Waals surface area contributed by atoms with Gasteiger partial charge in [0.05, 0.1) is 23.9 Å². The fourth-order valence-corrected chi connectivity index (χ4v) is 5.50. The molecule has 0 saturated heterocycles. The number of thiophene rings is 1. The normalized spacial score (nSPS) is 10.8. The Balaban J connectivity index is 2.11. The zero-order valence-corrected chi connectivity index (χ0v) is 20.2. The number of hydrogen-bond acceptors (Lipinski definition) is 6. The van der Waals surface area contributed by atoms with Gasteiger partial charge in [0, 0.05) is 24.0 Å². The quantitative estimate of drug-likeness (QED) is 0.246. The van der Waals surface area contributed by atoms with Crippen LogP contribution in [0.5, 0.6) is 5.75 Å². The van der Waals surface area contributed by atoms with Gasteiger partial charge in [-0.3, -0.25) is 14.2 Å². The number of fused-ring (bicyclic) bond motifs is 1. The van der Waals surface area contributed by atoms with E-state index in [2.05, 4.69) is 20.1 Å². The molecule has 2 heterocycles. The van der Waals surface area contributed by atoms with E-state index >= 15 is 0 Å². The second-order valence-electron chi connectivity index (χ2n) is 7.09. The lowest BCUT2D eigenvalue weighted by Gasteiger charge is -2.19. The number of thioether (sulfide) groups is 1. The van der Waals surface area contributed by atoms with Crippen molar-refractivity contribution in [3.05, 3.63) is 70.4 Å². The molecule has 3 rings (SSSR count). The lowest BCUT2D eigenvalue weighted by Crippen LogP contribution is -2.33. The molecule has 0 fully saturated rings. The fraction of sp³-hybridized carbons (Fsp3) is 0.292. The van der Waals surface area contributed by atoms with E-state index in [1.807, 2.05) is 25.1 Å². The standard InChI is InChI=1S/C24H27N3O3S2/c1-6-12-26(13-7-2)20(28)15-31-24-25-22-21(16(4)19(8-3)32-22)23(29)27(24)17-10-9-11-18(14-17)30-5/h6-7,9-11,14H,1-2,8,12-13,15H2,3-5H3. The molecule has 0 aliphatic rings. The van der Waals surface area contributed by atoms with Crippen LogP contribution >= 0.6 is 23.1 Å². The van der Waals surface area contributed by atoms with E-state index in [1.165, 1.54) is 23.1 Å². The van der Waals surface area contributed by atoms with Gasteiger partial charge in [0.15, 0.2) is 5.16 Å². The first-order valence-electron chi connectivity index (χ1n) is 10.3. The summed E-state index contributed by atoms with van der Waals surface area (Å²) >= 11 is 2.79. The Morgan fingerprint density at radius 2 is 2.03 bits per heavy atom. The third kappa shape index (κ3) is 4.81. The van der Waals surface area contributed by atoms with E-state index in [0.717, 1.165) is 16.9 Å². The van der Waals surface area contributed by atoms with Crippen LogP contribution in [0.1, 0.15) is 17.4 Å². The SMILES string of the molecule is C=CCN(CC=C)C(=O)CSc1nc2sc(CC)c(C)c2c(=O)n1-c1cccc(OC)c1. The molecule has 0 atom stereocenters. The van der Waals surface area contributed by atoms with E-state index in [9.17, 15) is 9.59 Å². The van der Waals surface area contributed by atoms with Gasteiger partial charge in [-0.25, -0.2) is 4.98 Å². The number of aromatic nitrogens is 2. The van der Waals surface area contributed by atoms with Gasteiger partial charge in [-0.05, 0) is 31.0 Å². The second kappa shape index (κ2) is 10.7. The van der Waals surface area contributed by atoms with Gasteiger partial charge in [-0.2, -0.15) is 0 Å². The van der Waals surface area contributed by atoms with Crippen molar-refractivity contribution in [2.45, 2.75) is 25.4 Å². The van der Waals surface area contributed by atoms with Gasteiger partial charge in [-0.15, -0.1) is 24.5 Å². The molecule has 1 amide bonds. The molecule has 2 aromatic heterocycles. The summed E-state index contributed by atoms with van der Waals surface area (Å²) in [6, 6.07) is 7.29. The fourth-order valence-electron chi connectivity index (χ4n) is 3.43. The van der Waals surface area contributed by atoms with E-state index in [1.54, 1.807) is 34.8 Å². The molecule has 0 aliphatic carbocycles. The largest absolute Gasteiger partial charge is 0.497 e. The van der Waals surface area contributed by atoms with Gasteiger partial charge in [0.25, 0.3) is 5.56 Å². The molecular formula is C24H27N3O3S2. The molecule has 0 bridgehead atoms. The van der Waals surface area contributed by atoms with Gasteiger partial charge >= 0.3 is 0 Å². The van der Waals surface area contributed by atoms with Gasteiger partial charge in [-0.1, -0.05) is 36.9 Å². The molecule has 0 spiro atoms. The first-order chi connectivity index (χ1) is 15.4. The molecule has 6 nitrogen and oxygen atoms in total. The summed E-state index contributed by atoms with van der Waals surface area (Å²) in [5.74, 6) is 0.716. The molecule has 8 heteroatoms. The summed E-state index contributed by atoms with van der Waals surface area (Å²) in [5, 5.41) is 1.11. The van der Waals surface area contributed by atoms with Crippen molar-refractivity contribution in [2.24, 2.45) is 0 Å². The number of carbonyl (C=O) groups excluding carboxylic acids is 1. The van der Waals surface area contributed by atoms with Gasteiger partial charge < -0.3 is 9.64 Å². The van der Waals surface area contributed by atoms with Crippen molar-refractivity contribution in [3.63, 3.8) is 0 Å². The van der Waals surface area contributed by atoms with Crippen LogP contribution in [0.2, 0.25) is 0 Å². The summed E-state index contributed by atoms with van der Waals surface area (Å²) in [6.45, 7) is 12.3. The molecule has 0 radical (unpaired) electrons. The Hall–Kier alpha value is -2.84. The second-order valence-corrected chi connectivity index (χ2v) is 9.11. The van der Waals surface area contributed by atoms with Crippen LogP contribution in [0.4, 0.5) is 0 Å². The van der Waals surface area contributed by atoms with Crippen LogP contribution in [0.25, 0.3) is 15.9 Å². The molecule has 0 saturated carbocycles. The van der Waals surface area contributed by atoms with Crippen molar-refractivity contribution >= 4 is 39.2 Å². The van der Waals surface area contributed by atoms with Gasteiger partial charge in [0.1, 0.15) is 10.6 Å². The van der Waals surface area contributed by atoms with Crippen molar-refractivity contribution < 1.29 is 9.53 Å². The van der Waals surface area contributed by atoms with Crippen molar-refractivity contribution in [1.82, 2.24) is 14.5 Å². The Bertz CT molecular complexity index is 1200. The summed E-state index contributed by atoms with van der Waals surface area (Å²) in [7, 11) is 1.59. The van der Waals surface area contributed by atoms with E-state index < -0.39 is 0 Å². The topological polar surface area (TPSA) is 64.4 Å². The molecule has 0 aliphatic heterocycles. The van der Waals surface area contributed by atoms with Crippen LogP contribution in [-0.2, 0) is 11.2 Å². The highest BCUT2D eigenvalue weighted by Crippen LogP contribution is 2.31.